The van der Waals surface area contributed by atoms with Gasteiger partial charge in [0, 0.05) is 8.95 Å². The molecule has 0 heterocycles. The van der Waals surface area contributed by atoms with Gasteiger partial charge in [0.2, 0.25) is 11.8 Å². The molecule has 0 aromatic heterocycles. The van der Waals surface area contributed by atoms with Crippen LogP contribution in [0.4, 0.5) is 0 Å². The molecule has 0 spiro atoms. The van der Waals surface area contributed by atoms with Gasteiger partial charge >= 0.3 is 0 Å². The number of carbonyl (C=O) groups is 2. The van der Waals surface area contributed by atoms with Gasteiger partial charge in [-0.1, -0.05) is 104 Å². The highest BCUT2D eigenvalue weighted by atomic mass is 79.9. The van der Waals surface area contributed by atoms with E-state index in [1.165, 1.54) is 12.1 Å². The number of carbonyl (C=O) groups excluding carboxylic acids is 2. The van der Waals surface area contributed by atoms with Gasteiger partial charge in [-0.15, -0.1) is 0 Å². The van der Waals surface area contributed by atoms with E-state index in [-0.39, 0.29) is 70.5 Å². The van der Waals surface area contributed by atoms with E-state index in [9.17, 15) is 36.9 Å². The Hall–Kier alpha value is -3.84. The Balaban J connectivity index is 0.000000191. The minimum Gasteiger partial charge on any atom is -0.373 e. The zero-order chi connectivity index (χ0) is 45.9. The van der Waals surface area contributed by atoms with E-state index >= 15 is 0 Å². The number of hydrogen-bond acceptors (Lipinski definition) is 10. The first kappa shape index (κ1) is 48.1. The molecule has 0 unspecified atom stereocenters. The van der Waals surface area contributed by atoms with E-state index in [1.54, 1.807) is 36.4 Å². The van der Waals surface area contributed by atoms with Gasteiger partial charge in [-0.2, -0.15) is 10.5 Å². The molecule has 12 nitrogen and oxygen atoms in total. The minimum atomic E-state index is -3.75. The second-order valence-corrected chi connectivity index (χ2v) is 23.7. The number of nitriles is 2. The number of nitrogens with one attached hydrogen (secondary N) is 2. The van der Waals surface area contributed by atoms with Crippen molar-refractivity contribution < 1.29 is 35.9 Å². The molecule has 4 saturated carbocycles. The van der Waals surface area contributed by atoms with Gasteiger partial charge in [0.05, 0.1) is 79.7 Å². The number of rotatable bonds is 14. The maximum Gasteiger partial charge on any atom is 0.227 e. The van der Waals surface area contributed by atoms with Crippen molar-refractivity contribution in [3.63, 3.8) is 0 Å². The summed E-state index contributed by atoms with van der Waals surface area (Å²) in [5.74, 6) is -2.00. The SMILES string of the molecule is N#CC1(NC(=O)[C@@H]2C[C@@H](S(=O)(=O)c3ccccc3Cl)C[C@H]2OCc2ccc(Br)cc2)CC1.N#CC1(NC(=O)[C@H]2C[C@H](S(=O)(=O)c3ccccc3Cl)C[C@@H]2OCc2ccc(Br)cc2)CC1. The predicted octanol–water partition coefficient (Wildman–Crippen LogP) is 8.83. The Morgan fingerprint density at radius 3 is 1.25 bits per heavy atom. The first-order chi connectivity index (χ1) is 30.5. The normalized spacial score (nSPS) is 24.0. The third kappa shape index (κ3) is 11.2. The number of ether oxygens (including phenoxy) is 2. The lowest BCUT2D eigenvalue weighted by atomic mass is 10.0. The molecule has 2 amide bonds. The fourth-order valence-corrected chi connectivity index (χ4v) is 13.2. The molecule has 4 aromatic carbocycles. The average molecular weight is 1080 g/mol. The Morgan fingerprint density at radius 1 is 0.594 bits per heavy atom. The molecule has 18 heteroatoms. The third-order valence-electron chi connectivity index (χ3n) is 12.2. The summed E-state index contributed by atoms with van der Waals surface area (Å²) in [5.41, 5.74) is 0.181. The van der Waals surface area contributed by atoms with E-state index in [1.807, 2.05) is 48.5 Å². The maximum atomic E-state index is 13.3. The van der Waals surface area contributed by atoms with Crippen LogP contribution in [-0.2, 0) is 52.0 Å². The highest BCUT2D eigenvalue weighted by Crippen LogP contribution is 2.42. The van der Waals surface area contributed by atoms with E-state index in [0.717, 1.165) is 20.1 Å². The van der Waals surface area contributed by atoms with Gasteiger partial charge in [0.1, 0.15) is 11.1 Å². The van der Waals surface area contributed by atoms with Crippen molar-refractivity contribution in [2.75, 3.05) is 0 Å². The summed E-state index contributed by atoms with van der Waals surface area (Å²) < 4.78 is 67.2. The van der Waals surface area contributed by atoms with Gasteiger partial charge in [-0.3, -0.25) is 9.59 Å². The second kappa shape index (κ2) is 19.9. The first-order valence-corrected chi connectivity index (χ1v) is 26.1. The van der Waals surface area contributed by atoms with E-state index in [2.05, 4.69) is 54.6 Å². The standard InChI is InChI=1S/2C23H22BrClN2O4S/c2*24-16-7-5-15(6-8-16)13-31-20-12-17(32(29,30)21-4-2-1-3-19(21)25)11-18(20)22(28)27-23(14-26)9-10-23/h2*1-8,17-18,20H,9-13H2,(H,27,28)/t2*17-,18-,20-/m10/s1. The van der Waals surface area contributed by atoms with E-state index in [0.29, 0.717) is 25.7 Å². The van der Waals surface area contributed by atoms with Crippen molar-refractivity contribution in [3.05, 3.63) is 127 Å². The highest BCUT2D eigenvalue weighted by molar-refractivity contribution is 9.10. The zero-order valence-corrected chi connectivity index (χ0v) is 40.6. The largest absolute Gasteiger partial charge is 0.373 e. The van der Waals surface area contributed by atoms with Crippen molar-refractivity contribution in [3.8, 4) is 12.1 Å². The molecule has 0 bridgehead atoms. The molecule has 336 valence electrons. The smallest absolute Gasteiger partial charge is 0.227 e. The van der Waals surface area contributed by atoms with Crippen LogP contribution in [0.15, 0.2) is 116 Å². The zero-order valence-electron chi connectivity index (χ0n) is 34.3. The summed E-state index contributed by atoms with van der Waals surface area (Å²) >= 11 is 19.1. The van der Waals surface area contributed by atoms with Crippen LogP contribution in [0.1, 0.15) is 62.5 Å². The fourth-order valence-electron chi connectivity index (χ4n) is 8.05. The number of hydrogen-bond donors (Lipinski definition) is 2. The van der Waals surface area contributed by atoms with Crippen molar-refractivity contribution in [1.82, 2.24) is 10.6 Å². The van der Waals surface area contributed by atoms with Crippen molar-refractivity contribution in [2.24, 2.45) is 11.8 Å². The van der Waals surface area contributed by atoms with Crippen LogP contribution in [0.3, 0.4) is 0 Å². The molecule has 4 fully saturated rings. The minimum absolute atomic E-state index is 0.0649. The molecule has 4 aromatic rings. The molecule has 4 aliphatic rings. The van der Waals surface area contributed by atoms with Crippen LogP contribution in [0.2, 0.25) is 10.0 Å². The van der Waals surface area contributed by atoms with Crippen molar-refractivity contribution >= 4 is 86.6 Å². The monoisotopic (exact) mass is 1070 g/mol. The average Bonchev–Trinajstić information content (AvgIpc) is 4.13. The summed E-state index contributed by atoms with van der Waals surface area (Å²) in [6, 6.07) is 32.1. The molecule has 2 N–H and O–H groups in total. The second-order valence-electron chi connectivity index (χ2n) is 16.7. The van der Waals surface area contributed by atoms with Crippen LogP contribution in [0, 0.1) is 34.5 Å². The third-order valence-corrected chi connectivity index (χ3v) is 18.6. The molecule has 6 atom stereocenters. The molecule has 8 rings (SSSR count). The predicted molar refractivity (Wildman–Crippen MR) is 247 cm³/mol. The number of benzene rings is 4. The van der Waals surface area contributed by atoms with E-state index in [4.69, 9.17) is 32.7 Å². The van der Waals surface area contributed by atoms with Crippen LogP contribution in [0.25, 0.3) is 0 Å². The van der Waals surface area contributed by atoms with Gasteiger partial charge in [0.15, 0.2) is 19.7 Å². The number of sulfone groups is 2. The van der Waals surface area contributed by atoms with Gasteiger partial charge in [-0.05, 0) is 111 Å². The highest BCUT2D eigenvalue weighted by Gasteiger charge is 2.52. The summed E-state index contributed by atoms with van der Waals surface area (Å²) in [7, 11) is -7.51. The topological polar surface area (TPSA) is 193 Å². The van der Waals surface area contributed by atoms with Crippen LogP contribution < -0.4 is 10.6 Å². The lowest BCUT2D eigenvalue weighted by Crippen LogP contribution is -2.42. The van der Waals surface area contributed by atoms with Gasteiger partial charge in [0.25, 0.3) is 0 Å². The van der Waals surface area contributed by atoms with Crippen LogP contribution in [0.5, 0.6) is 0 Å². The molecule has 0 radical (unpaired) electrons. The number of halogens is 4. The maximum absolute atomic E-state index is 13.3. The number of nitrogens with zero attached hydrogens (tertiary/aromatic N) is 2. The quantitative estimate of drug-likeness (QED) is 0.123. The molecule has 0 aliphatic heterocycles. The van der Waals surface area contributed by atoms with Crippen LogP contribution >= 0.6 is 55.1 Å². The summed E-state index contributed by atoms with van der Waals surface area (Å²) in [4.78, 5) is 26.2. The van der Waals surface area contributed by atoms with E-state index < -0.39 is 65.3 Å². The van der Waals surface area contributed by atoms with Crippen molar-refractivity contribution in [1.29, 1.82) is 10.5 Å². The van der Waals surface area contributed by atoms with Crippen molar-refractivity contribution in [2.45, 2.75) is 108 Å². The lowest BCUT2D eigenvalue weighted by Gasteiger charge is -2.21. The fraction of sp³-hybridized carbons (Fsp3) is 0.391. The van der Waals surface area contributed by atoms with Gasteiger partial charge < -0.3 is 20.1 Å². The Morgan fingerprint density at radius 2 is 0.938 bits per heavy atom. The van der Waals surface area contributed by atoms with Gasteiger partial charge in [-0.25, -0.2) is 16.8 Å². The molecule has 4 aliphatic carbocycles. The van der Waals surface area contributed by atoms with Crippen LogP contribution in [-0.4, -0.2) is 62.4 Å². The molecule has 64 heavy (non-hydrogen) atoms. The Bertz CT molecular complexity index is 2500. The summed E-state index contributed by atoms with van der Waals surface area (Å²) in [6.45, 7) is 0.508. The Labute approximate surface area is 400 Å². The number of amides is 2. The molecular formula is C46H44Br2Cl2N4O8S2. The molecular weight excluding hydrogens is 1030 g/mol. The first-order valence-electron chi connectivity index (χ1n) is 20.6. The summed E-state index contributed by atoms with van der Waals surface area (Å²) in [6.07, 6.45) is 1.84. The lowest BCUT2D eigenvalue weighted by molar-refractivity contribution is -0.131. The summed E-state index contributed by atoms with van der Waals surface area (Å²) in [5, 5.41) is 23.0. The Kier molecular flexibility index (Phi) is 15.0. The molecule has 0 saturated heterocycles.